The van der Waals surface area contributed by atoms with Crippen LogP contribution in [0.4, 0.5) is 4.79 Å². The monoisotopic (exact) mass is 565 g/mol. The third-order valence-corrected chi connectivity index (χ3v) is 8.35. The van der Waals surface area contributed by atoms with Gasteiger partial charge in [0, 0.05) is 54.9 Å². The molecule has 8 heteroatoms. The number of nitrogens with zero attached hydrogens (tertiary/aromatic N) is 4. The van der Waals surface area contributed by atoms with Gasteiger partial charge in [-0.25, -0.2) is 9.78 Å². The summed E-state index contributed by atoms with van der Waals surface area (Å²) >= 11 is 0. The predicted molar refractivity (Wildman–Crippen MR) is 163 cm³/mol. The molecular weight excluding hydrogens is 526 g/mol. The molecule has 0 saturated carbocycles. The van der Waals surface area contributed by atoms with E-state index in [2.05, 4.69) is 40.1 Å². The van der Waals surface area contributed by atoms with Crippen molar-refractivity contribution in [1.29, 1.82) is 0 Å². The molecule has 0 spiro atoms. The van der Waals surface area contributed by atoms with Gasteiger partial charge < -0.3 is 19.5 Å². The standard InChI is InChI=1S/C34H39N5O3/c1-21-18-36-32-28(21)17-25(19-37-32)24-15-26-20-38(31(40)14-23-8-10-35-22(2)13-23)12-9-27(26)29(16-24)30-7-6-11-39(30)33(41)42-34(3,4)5/h8,10,13,15-19,30H,6-7,9,11-12,14,20H2,1-5H3,(H,36,37)/t30-/m0/s1. The number of carbonyl (C=O) groups excluding carboxylic acids is 2. The third kappa shape index (κ3) is 5.62. The minimum absolute atomic E-state index is 0.0683. The summed E-state index contributed by atoms with van der Waals surface area (Å²) in [4.78, 5) is 42.8. The van der Waals surface area contributed by atoms with Crippen molar-refractivity contribution in [3.05, 3.63) is 82.4 Å². The molecule has 218 valence electrons. The summed E-state index contributed by atoms with van der Waals surface area (Å²) in [7, 11) is 0. The van der Waals surface area contributed by atoms with E-state index in [0.717, 1.165) is 69.4 Å². The van der Waals surface area contributed by atoms with Crippen LogP contribution < -0.4 is 0 Å². The van der Waals surface area contributed by atoms with E-state index in [-0.39, 0.29) is 18.0 Å². The first-order valence-corrected chi connectivity index (χ1v) is 14.8. The molecule has 2 amide bonds. The molecule has 5 heterocycles. The number of H-pyrrole nitrogens is 1. The van der Waals surface area contributed by atoms with Gasteiger partial charge in [0.15, 0.2) is 0 Å². The number of hydrogen-bond acceptors (Lipinski definition) is 5. The van der Waals surface area contributed by atoms with Gasteiger partial charge in [0.2, 0.25) is 5.91 Å². The van der Waals surface area contributed by atoms with E-state index in [1.165, 1.54) is 5.56 Å². The van der Waals surface area contributed by atoms with Crippen LogP contribution >= 0.6 is 0 Å². The number of likely N-dealkylation sites (tertiary alicyclic amines) is 1. The highest BCUT2D eigenvalue weighted by Gasteiger charge is 2.36. The first-order chi connectivity index (χ1) is 20.1. The van der Waals surface area contributed by atoms with Gasteiger partial charge >= 0.3 is 6.09 Å². The molecule has 1 aromatic carbocycles. The molecule has 2 aliphatic rings. The molecule has 0 radical (unpaired) electrons. The van der Waals surface area contributed by atoms with Crippen molar-refractivity contribution in [2.75, 3.05) is 13.1 Å². The first-order valence-electron chi connectivity index (χ1n) is 14.8. The lowest BCUT2D eigenvalue weighted by Gasteiger charge is -2.34. The van der Waals surface area contributed by atoms with E-state index in [4.69, 9.17) is 4.74 Å². The van der Waals surface area contributed by atoms with Crippen molar-refractivity contribution >= 4 is 23.0 Å². The van der Waals surface area contributed by atoms with Gasteiger partial charge in [-0.1, -0.05) is 0 Å². The number of aryl methyl sites for hydroxylation is 2. The Kier molecular flexibility index (Phi) is 7.25. The van der Waals surface area contributed by atoms with Gasteiger partial charge in [-0.05, 0) is 118 Å². The molecule has 1 saturated heterocycles. The van der Waals surface area contributed by atoms with E-state index in [9.17, 15) is 9.59 Å². The highest BCUT2D eigenvalue weighted by atomic mass is 16.6. The SMILES string of the molecule is Cc1cc(CC(=O)N2CCc3c(cc(-c4cnc5[nH]cc(C)c5c4)cc3[C@@H]3CCCN3C(=O)OC(C)(C)C)C2)ccn1. The Labute approximate surface area is 247 Å². The molecule has 3 aromatic heterocycles. The van der Waals surface area contributed by atoms with Crippen LogP contribution in [0.3, 0.4) is 0 Å². The summed E-state index contributed by atoms with van der Waals surface area (Å²) in [5.41, 5.74) is 8.95. The van der Waals surface area contributed by atoms with Crippen molar-refractivity contribution in [2.24, 2.45) is 0 Å². The molecule has 0 unspecified atom stereocenters. The van der Waals surface area contributed by atoms with Crippen LogP contribution in [0.1, 0.15) is 73.2 Å². The van der Waals surface area contributed by atoms with Gasteiger partial charge in [0.25, 0.3) is 0 Å². The number of ether oxygens (including phenoxy) is 1. The molecule has 0 aliphatic carbocycles. The van der Waals surface area contributed by atoms with Crippen LogP contribution in [-0.4, -0.2) is 55.4 Å². The highest BCUT2D eigenvalue weighted by Crippen LogP contribution is 2.40. The topological polar surface area (TPSA) is 91.4 Å². The second-order valence-corrected chi connectivity index (χ2v) is 12.7. The molecule has 6 rings (SSSR count). The Balaban J connectivity index is 1.38. The van der Waals surface area contributed by atoms with Gasteiger partial charge in [-0.15, -0.1) is 0 Å². The molecule has 2 aliphatic heterocycles. The quantitative estimate of drug-likeness (QED) is 0.307. The third-order valence-electron chi connectivity index (χ3n) is 8.35. The number of carbonyl (C=O) groups is 2. The fourth-order valence-electron chi connectivity index (χ4n) is 6.33. The number of amides is 2. The maximum absolute atomic E-state index is 13.4. The minimum Gasteiger partial charge on any atom is -0.444 e. The van der Waals surface area contributed by atoms with Crippen LogP contribution in [0.5, 0.6) is 0 Å². The highest BCUT2D eigenvalue weighted by molar-refractivity contribution is 5.85. The van der Waals surface area contributed by atoms with Crippen LogP contribution in [0.2, 0.25) is 0 Å². The van der Waals surface area contributed by atoms with E-state index in [1.807, 2.05) is 62.0 Å². The number of benzene rings is 1. The number of fused-ring (bicyclic) bond motifs is 2. The molecule has 42 heavy (non-hydrogen) atoms. The van der Waals surface area contributed by atoms with Crippen molar-refractivity contribution in [2.45, 2.75) is 78.5 Å². The summed E-state index contributed by atoms with van der Waals surface area (Å²) < 4.78 is 5.81. The zero-order valence-corrected chi connectivity index (χ0v) is 25.2. The minimum atomic E-state index is -0.560. The number of hydrogen-bond donors (Lipinski definition) is 1. The second kappa shape index (κ2) is 10.9. The fraction of sp³-hybridized carbons (Fsp3) is 0.412. The normalized spacial score (nSPS) is 17.0. The molecule has 1 atom stereocenters. The predicted octanol–water partition coefficient (Wildman–Crippen LogP) is 6.44. The summed E-state index contributed by atoms with van der Waals surface area (Å²) in [5, 5.41) is 1.09. The number of aromatic nitrogens is 3. The largest absolute Gasteiger partial charge is 0.444 e. The van der Waals surface area contributed by atoms with E-state index in [0.29, 0.717) is 26.1 Å². The van der Waals surface area contributed by atoms with Crippen LogP contribution in [-0.2, 0) is 28.9 Å². The van der Waals surface area contributed by atoms with Crippen LogP contribution in [0.15, 0.2) is 48.9 Å². The van der Waals surface area contributed by atoms with Crippen molar-refractivity contribution in [3.63, 3.8) is 0 Å². The lowest BCUT2D eigenvalue weighted by Crippen LogP contribution is -2.39. The molecule has 1 N–H and O–H groups in total. The van der Waals surface area contributed by atoms with E-state index < -0.39 is 5.60 Å². The molecular formula is C34H39N5O3. The summed E-state index contributed by atoms with van der Waals surface area (Å²) in [6, 6.07) is 10.5. The van der Waals surface area contributed by atoms with Gasteiger partial charge in [-0.2, -0.15) is 0 Å². The summed E-state index contributed by atoms with van der Waals surface area (Å²) in [5.74, 6) is 0.112. The molecule has 1 fully saturated rings. The Morgan fingerprint density at radius 2 is 1.90 bits per heavy atom. The molecule has 4 aromatic rings. The number of rotatable bonds is 4. The van der Waals surface area contributed by atoms with E-state index in [1.54, 1.807) is 6.20 Å². The Bertz CT molecular complexity index is 1670. The van der Waals surface area contributed by atoms with Crippen molar-refractivity contribution in [3.8, 4) is 11.1 Å². The second-order valence-electron chi connectivity index (χ2n) is 12.7. The lowest BCUT2D eigenvalue weighted by molar-refractivity contribution is -0.131. The van der Waals surface area contributed by atoms with Crippen LogP contribution in [0, 0.1) is 13.8 Å². The fourth-order valence-corrected chi connectivity index (χ4v) is 6.33. The Morgan fingerprint density at radius 1 is 1.07 bits per heavy atom. The summed E-state index contributed by atoms with van der Waals surface area (Å²) in [6.45, 7) is 11.6. The number of pyridine rings is 2. The number of nitrogens with one attached hydrogen (secondary N) is 1. The van der Waals surface area contributed by atoms with Crippen LogP contribution in [0.25, 0.3) is 22.2 Å². The average molecular weight is 566 g/mol. The van der Waals surface area contributed by atoms with Crippen molar-refractivity contribution < 1.29 is 14.3 Å². The Hall–Kier alpha value is -4.20. The van der Waals surface area contributed by atoms with E-state index >= 15 is 0 Å². The average Bonchev–Trinajstić information content (AvgIpc) is 3.58. The van der Waals surface area contributed by atoms with Crippen molar-refractivity contribution in [1.82, 2.24) is 24.8 Å². The van der Waals surface area contributed by atoms with Gasteiger partial charge in [0.1, 0.15) is 11.2 Å². The zero-order chi connectivity index (χ0) is 29.6. The summed E-state index contributed by atoms with van der Waals surface area (Å²) in [6.07, 6.45) is 8.29. The molecule has 8 nitrogen and oxygen atoms in total. The maximum atomic E-state index is 13.4. The first kappa shape index (κ1) is 27.9. The van der Waals surface area contributed by atoms with Gasteiger partial charge in [-0.3, -0.25) is 9.78 Å². The maximum Gasteiger partial charge on any atom is 0.410 e. The number of aromatic amines is 1. The Morgan fingerprint density at radius 3 is 2.69 bits per heavy atom. The molecule has 0 bridgehead atoms. The zero-order valence-electron chi connectivity index (χ0n) is 25.2. The van der Waals surface area contributed by atoms with Gasteiger partial charge in [0.05, 0.1) is 12.5 Å². The smallest absolute Gasteiger partial charge is 0.410 e. The lowest BCUT2D eigenvalue weighted by atomic mass is 9.86.